The van der Waals surface area contributed by atoms with Crippen LogP contribution in [0.2, 0.25) is 0 Å². The number of hydrogen-bond donors (Lipinski definition) is 0. The Morgan fingerprint density at radius 2 is 1.72 bits per heavy atom. The molecule has 0 unspecified atom stereocenters. The van der Waals surface area contributed by atoms with E-state index in [0.29, 0.717) is 5.82 Å². The molecule has 2 aromatic heterocycles. The fourth-order valence-electron chi connectivity index (χ4n) is 3.51. The number of rotatable bonds is 3. The van der Waals surface area contributed by atoms with E-state index in [2.05, 4.69) is 20.0 Å². The van der Waals surface area contributed by atoms with E-state index in [4.69, 9.17) is 4.52 Å². The third-order valence-corrected chi connectivity index (χ3v) is 4.94. The van der Waals surface area contributed by atoms with Crippen LogP contribution >= 0.6 is 0 Å². The quantitative estimate of drug-likeness (QED) is 0.854. The Kier molecular flexibility index (Phi) is 4.63. The van der Waals surface area contributed by atoms with Gasteiger partial charge in [0.25, 0.3) is 0 Å². The molecule has 132 valence electrons. The zero-order chi connectivity index (χ0) is 17.1. The fraction of sp³-hybridized carbons (Fsp3) is 0.556. The van der Waals surface area contributed by atoms with Crippen LogP contribution in [0.25, 0.3) is 11.4 Å². The molecular weight excluding hydrogens is 318 g/mol. The lowest BCUT2D eigenvalue weighted by atomic mass is 10.2. The number of aromatic nitrogens is 3. The summed E-state index contributed by atoms with van der Waals surface area (Å²) in [7, 11) is 0. The minimum Gasteiger partial charge on any atom is -0.357 e. The van der Waals surface area contributed by atoms with Crippen LogP contribution < -0.4 is 4.90 Å². The van der Waals surface area contributed by atoms with Crippen LogP contribution in [0.15, 0.2) is 22.9 Å². The monoisotopic (exact) mass is 341 g/mol. The maximum atomic E-state index is 12.6. The van der Waals surface area contributed by atoms with E-state index in [-0.39, 0.29) is 11.8 Å². The first-order chi connectivity index (χ1) is 12.3. The van der Waals surface area contributed by atoms with Crippen LogP contribution in [0.1, 0.15) is 49.2 Å². The van der Waals surface area contributed by atoms with E-state index in [9.17, 15) is 4.79 Å². The van der Waals surface area contributed by atoms with Crippen LogP contribution in [0, 0.1) is 0 Å². The molecule has 2 fully saturated rings. The van der Waals surface area contributed by atoms with Crippen molar-refractivity contribution in [2.24, 2.45) is 0 Å². The van der Waals surface area contributed by atoms with Crippen molar-refractivity contribution >= 4 is 11.7 Å². The van der Waals surface area contributed by atoms with E-state index >= 15 is 0 Å². The van der Waals surface area contributed by atoms with Crippen molar-refractivity contribution < 1.29 is 9.32 Å². The number of amides is 1. The smallest absolute Gasteiger partial charge is 0.316 e. The molecule has 0 saturated carbocycles. The van der Waals surface area contributed by atoms with Crippen molar-refractivity contribution in [2.45, 2.75) is 38.5 Å². The number of likely N-dealkylation sites (tertiary alicyclic amines) is 1. The number of carbonyl (C=O) groups excluding carboxylic acids is 1. The summed E-state index contributed by atoms with van der Waals surface area (Å²) < 4.78 is 5.25. The SMILES string of the molecule is O=C(c1nc(-c2ccnc(N3CCCC3)c2)no1)N1CCCCCC1. The lowest BCUT2D eigenvalue weighted by molar-refractivity contribution is 0.0711. The van der Waals surface area contributed by atoms with Crippen LogP contribution in [-0.2, 0) is 0 Å². The highest BCUT2D eigenvalue weighted by Gasteiger charge is 2.24. The zero-order valence-corrected chi connectivity index (χ0v) is 14.4. The van der Waals surface area contributed by atoms with Gasteiger partial charge in [-0.25, -0.2) is 4.98 Å². The van der Waals surface area contributed by atoms with E-state index < -0.39 is 0 Å². The van der Waals surface area contributed by atoms with Gasteiger partial charge in [-0.2, -0.15) is 4.98 Å². The molecule has 0 aliphatic carbocycles. The minimum atomic E-state index is -0.158. The van der Waals surface area contributed by atoms with Gasteiger partial charge in [-0.05, 0) is 37.8 Å². The number of carbonyl (C=O) groups is 1. The largest absolute Gasteiger partial charge is 0.357 e. The van der Waals surface area contributed by atoms with Gasteiger partial charge in [-0.15, -0.1) is 0 Å². The molecule has 7 nitrogen and oxygen atoms in total. The summed E-state index contributed by atoms with van der Waals surface area (Å²) >= 11 is 0. The minimum absolute atomic E-state index is 0.0800. The predicted molar refractivity (Wildman–Crippen MR) is 93.3 cm³/mol. The first-order valence-electron chi connectivity index (χ1n) is 9.15. The highest BCUT2D eigenvalue weighted by molar-refractivity contribution is 5.90. The second-order valence-electron chi connectivity index (χ2n) is 6.73. The summed E-state index contributed by atoms with van der Waals surface area (Å²) in [6.07, 6.45) is 8.58. The molecule has 2 aliphatic rings. The Labute approximate surface area is 147 Å². The second kappa shape index (κ2) is 7.21. The Morgan fingerprint density at radius 1 is 1.00 bits per heavy atom. The molecule has 0 aromatic carbocycles. The van der Waals surface area contributed by atoms with Gasteiger partial charge in [0.1, 0.15) is 5.82 Å². The molecule has 0 bridgehead atoms. The number of nitrogens with zero attached hydrogens (tertiary/aromatic N) is 5. The van der Waals surface area contributed by atoms with Gasteiger partial charge < -0.3 is 14.3 Å². The maximum Gasteiger partial charge on any atom is 0.316 e. The average Bonchev–Trinajstić information content (AvgIpc) is 3.29. The standard InChI is InChI=1S/C18H23N5O2/c24-18(23-11-3-1-2-4-12-23)17-20-16(21-25-17)14-7-8-19-15(13-14)22-9-5-6-10-22/h7-8,13H,1-6,9-12H2. The predicted octanol–water partition coefficient (Wildman–Crippen LogP) is 2.75. The maximum absolute atomic E-state index is 12.6. The molecule has 1 amide bonds. The highest BCUT2D eigenvalue weighted by atomic mass is 16.5. The van der Waals surface area contributed by atoms with Gasteiger partial charge >= 0.3 is 11.8 Å². The lowest BCUT2D eigenvalue weighted by Gasteiger charge is -2.17. The molecule has 25 heavy (non-hydrogen) atoms. The molecule has 2 saturated heterocycles. The van der Waals surface area contributed by atoms with Crippen LogP contribution in [0.5, 0.6) is 0 Å². The third kappa shape index (κ3) is 3.50. The summed E-state index contributed by atoms with van der Waals surface area (Å²) in [4.78, 5) is 25.4. The molecule has 0 N–H and O–H groups in total. The van der Waals surface area contributed by atoms with Gasteiger partial charge in [0.15, 0.2) is 0 Å². The lowest BCUT2D eigenvalue weighted by Crippen LogP contribution is -2.32. The Bertz CT molecular complexity index is 731. The van der Waals surface area contributed by atoms with Crippen molar-refractivity contribution in [2.75, 3.05) is 31.1 Å². The molecular formula is C18H23N5O2. The summed E-state index contributed by atoms with van der Waals surface area (Å²) in [6, 6.07) is 3.82. The van der Waals surface area contributed by atoms with Crippen molar-refractivity contribution in [1.29, 1.82) is 0 Å². The highest BCUT2D eigenvalue weighted by Crippen LogP contribution is 2.23. The average molecular weight is 341 g/mol. The van der Waals surface area contributed by atoms with Crippen molar-refractivity contribution in [3.05, 3.63) is 24.2 Å². The van der Waals surface area contributed by atoms with Gasteiger partial charge in [0.2, 0.25) is 5.82 Å². The summed E-state index contributed by atoms with van der Waals surface area (Å²) in [5.41, 5.74) is 0.829. The molecule has 2 aromatic rings. The van der Waals surface area contributed by atoms with Gasteiger partial charge in [0, 0.05) is 37.9 Å². The first kappa shape index (κ1) is 16.1. The molecule has 4 rings (SSSR count). The Balaban J connectivity index is 1.52. The summed E-state index contributed by atoms with van der Waals surface area (Å²) in [5, 5.41) is 4.01. The molecule has 0 spiro atoms. The summed E-state index contributed by atoms with van der Waals surface area (Å²) in [5.74, 6) is 1.30. The van der Waals surface area contributed by atoms with E-state index in [0.717, 1.165) is 50.4 Å². The van der Waals surface area contributed by atoms with E-state index in [1.165, 1.54) is 25.7 Å². The zero-order valence-electron chi connectivity index (χ0n) is 14.4. The molecule has 7 heteroatoms. The van der Waals surface area contributed by atoms with Crippen molar-refractivity contribution in [1.82, 2.24) is 20.0 Å². The van der Waals surface area contributed by atoms with Gasteiger partial charge in [-0.1, -0.05) is 18.0 Å². The Morgan fingerprint density at radius 3 is 2.48 bits per heavy atom. The van der Waals surface area contributed by atoms with Crippen molar-refractivity contribution in [3.63, 3.8) is 0 Å². The number of hydrogen-bond acceptors (Lipinski definition) is 6. The number of pyridine rings is 1. The Hall–Kier alpha value is -2.44. The molecule has 0 atom stereocenters. The fourth-order valence-corrected chi connectivity index (χ4v) is 3.51. The van der Waals surface area contributed by atoms with E-state index in [1.807, 2.05) is 17.0 Å². The first-order valence-corrected chi connectivity index (χ1v) is 9.15. The van der Waals surface area contributed by atoms with E-state index in [1.54, 1.807) is 6.20 Å². The van der Waals surface area contributed by atoms with Crippen LogP contribution in [0.3, 0.4) is 0 Å². The van der Waals surface area contributed by atoms with Gasteiger partial charge in [-0.3, -0.25) is 4.79 Å². The van der Waals surface area contributed by atoms with Crippen molar-refractivity contribution in [3.8, 4) is 11.4 Å². The van der Waals surface area contributed by atoms with Gasteiger partial charge in [0.05, 0.1) is 0 Å². The van der Waals surface area contributed by atoms with Crippen LogP contribution in [-0.4, -0.2) is 52.1 Å². The molecule has 2 aliphatic heterocycles. The molecule has 0 radical (unpaired) electrons. The topological polar surface area (TPSA) is 75.4 Å². The van der Waals surface area contributed by atoms with Crippen LogP contribution in [0.4, 0.5) is 5.82 Å². The summed E-state index contributed by atoms with van der Waals surface area (Å²) in [6.45, 7) is 3.60. The number of anilines is 1. The second-order valence-corrected chi connectivity index (χ2v) is 6.73. The molecule has 4 heterocycles. The third-order valence-electron chi connectivity index (χ3n) is 4.94. The normalized spacial score (nSPS) is 18.4.